The SMILES string of the molecule is CCCN(C)c1ncc[nH]c1=O. The minimum Gasteiger partial charge on any atom is -0.355 e. The zero-order chi connectivity index (χ0) is 8.97. The van der Waals surface area contributed by atoms with Gasteiger partial charge < -0.3 is 9.88 Å². The fraction of sp³-hybridized carbons (Fsp3) is 0.500. The number of anilines is 1. The van der Waals surface area contributed by atoms with E-state index in [0.717, 1.165) is 13.0 Å². The summed E-state index contributed by atoms with van der Waals surface area (Å²) in [6.45, 7) is 2.91. The van der Waals surface area contributed by atoms with Crippen LogP contribution in [-0.2, 0) is 0 Å². The van der Waals surface area contributed by atoms with Gasteiger partial charge in [0.25, 0.3) is 5.56 Å². The maximum Gasteiger partial charge on any atom is 0.290 e. The molecule has 4 nitrogen and oxygen atoms in total. The molecule has 0 aliphatic carbocycles. The summed E-state index contributed by atoms with van der Waals surface area (Å²) in [5, 5.41) is 0. The maximum absolute atomic E-state index is 11.2. The summed E-state index contributed by atoms with van der Waals surface area (Å²) in [5.41, 5.74) is -0.131. The second-order valence-electron chi connectivity index (χ2n) is 2.66. The number of nitrogens with one attached hydrogen (secondary N) is 1. The van der Waals surface area contributed by atoms with Crippen LogP contribution in [-0.4, -0.2) is 23.6 Å². The third-order valence-corrected chi connectivity index (χ3v) is 1.61. The van der Waals surface area contributed by atoms with Crippen LogP contribution in [0.2, 0.25) is 0 Å². The number of hydrogen-bond donors (Lipinski definition) is 1. The van der Waals surface area contributed by atoms with Crippen LogP contribution in [0.15, 0.2) is 17.2 Å². The third kappa shape index (κ3) is 1.84. The number of hydrogen-bond acceptors (Lipinski definition) is 3. The lowest BCUT2D eigenvalue weighted by Gasteiger charge is -2.14. The molecule has 0 amide bonds. The van der Waals surface area contributed by atoms with E-state index in [4.69, 9.17) is 0 Å². The van der Waals surface area contributed by atoms with Crippen molar-refractivity contribution < 1.29 is 0 Å². The van der Waals surface area contributed by atoms with Crippen molar-refractivity contribution in [1.82, 2.24) is 9.97 Å². The Morgan fingerprint density at radius 2 is 2.42 bits per heavy atom. The molecule has 12 heavy (non-hydrogen) atoms. The topological polar surface area (TPSA) is 49.0 Å². The average molecular weight is 167 g/mol. The number of nitrogens with zero attached hydrogens (tertiary/aromatic N) is 2. The maximum atomic E-state index is 11.2. The van der Waals surface area contributed by atoms with Crippen LogP contribution >= 0.6 is 0 Å². The van der Waals surface area contributed by atoms with Gasteiger partial charge in [0.15, 0.2) is 5.82 Å². The molecule has 0 aliphatic rings. The average Bonchev–Trinajstić information content (AvgIpc) is 2.05. The minimum absolute atomic E-state index is 0.131. The van der Waals surface area contributed by atoms with Crippen LogP contribution < -0.4 is 10.5 Å². The molecule has 0 saturated heterocycles. The smallest absolute Gasteiger partial charge is 0.290 e. The zero-order valence-corrected chi connectivity index (χ0v) is 7.37. The molecule has 1 heterocycles. The molecule has 0 atom stereocenters. The number of rotatable bonds is 3. The molecule has 1 aromatic heterocycles. The molecule has 1 rings (SSSR count). The van der Waals surface area contributed by atoms with Crippen LogP contribution in [0.4, 0.5) is 5.82 Å². The van der Waals surface area contributed by atoms with E-state index in [2.05, 4.69) is 16.9 Å². The van der Waals surface area contributed by atoms with Gasteiger partial charge in [0.05, 0.1) is 0 Å². The van der Waals surface area contributed by atoms with Gasteiger partial charge >= 0.3 is 0 Å². The molecule has 0 radical (unpaired) electrons. The first kappa shape index (κ1) is 8.77. The number of aromatic amines is 1. The Kier molecular flexibility index (Phi) is 2.85. The molecular weight excluding hydrogens is 154 g/mol. The summed E-state index contributed by atoms with van der Waals surface area (Å²) in [7, 11) is 1.86. The summed E-state index contributed by atoms with van der Waals surface area (Å²) in [6, 6.07) is 0. The van der Waals surface area contributed by atoms with Crippen molar-refractivity contribution in [2.24, 2.45) is 0 Å². The van der Waals surface area contributed by atoms with E-state index >= 15 is 0 Å². The van der Waals surface area contributed by atoms with Crippen LogP contribution in [0.5, 0.6) is 0 Å². The minimum atomic E-state index is -0.131. The Hall–Kier alpha value is -1.32. The van der Waals surface area contributed by atoms with E-state index in [1.54, 1.807) is 6.20 Å². The Morgan fingerprint density at radius 1 is 1.67 bits per heavy atom. The van der Waals surface area contributed by atoms with Crippen molar-refractivity contribution >= 4 is 5.82 Å². The lowest BCUT2D eigenvalue weighted by Crippen LogP contribution is -2.26. The fourth-order valence-corrected chi connectivity index (χ4v) is 1.06. The predicted molar refractivity (Wildman–Crippen MR) is 48.4 cm³/mol. The Bertz CT molecular complexity index is 294. The second kappa shape index (κ2) is 3.90. The van der Waals surface area contributed by atoms with E-state index in [1.807, 2.05) is 11.9 Å². The summed E-state index contributed by atoms with van der Waals surface area (Å²) in [5.74, 6) is 0.486. The molecule has 1 aromatic rings. The summed E-state index contributed by atoms with van der Waals surface area (Å²) >= 11 is 0. The highest BCUT2D eigenvalue weighted by molar-refractivity contribution is 5.33. The standard InChI is InChI=1S/C8H13N3O/c1-3-6-11(2)7-8(12)10-5-4-9-7/h4-5H,3,6H2,1-2H3,(H,10,12). The number of H-pyrrole nitrogens is 1. The summed E-state index contributed by atoms with van der Waals surface area (Å²) in [4.78, 5) is 19.6. The van der Waals surface area contributed by atoms with Gasteiger partial charge in [-0.25, -0.2) is 4.98 Å². The molecule has 0 saturated carbocycles. The molecule has 0 aliphatic heterocycles. The highest BCUT2D eigenvalue weighted by Gasteiger charge is 2.03. The highest BCUT2D eigenvalue weighted by Crippen LogP contribution is 1.98. The lowest BCUT2D eigenvalue weighted by atomic mass is 10.4. The molecular formula is C8H13N3O. The van der Waals surface area contributed by atoms with Gasteiger partial charge in [-0.1, -0.05) is 6.92 Å². The highest BCUT2D eigenvalue weighted by atomic mass is 16.1. The van der Waals surface area contributed by atoms with Crippen molar-refractivity contribution in [3.05, 3.63) is 22.7 Å². The molecule has 66 valence electrons. The summed E-state index contributed by atoms with van der Waals surface area (Å²) < 4.78 is 0. The predicted octanol–water partition coefficient (Wildman–Crippen LogP) is 0.616. The van der Waals surface area contributed by atoms with Crippen molar-refractivity contribution in [1.29, 1.82) is 0 Å². The molecule has 0 bridgehead atoms. The van der Waals surface area contributed by atoms with Crippen molar-refractivity contribution in [3.63, 3.8) is 0 Å². The van der Waals surface area contributed by atoms with Gasteiger partial charge in [-0.2, -0.15) is 0 Å². The van der Waals surface area contributed by atoms with Gasteiger partial charge in [0.1, 0.15) is 0 Å². The van der Waals surface area contributed by atoms with Crippen molar-refractivity contribution in [3.8, 4) is 0 Å². The molecule has 0 aromatic carbocycles. The lowest BCUT2D eigenvalue weighted by molar-refractivity contribution is 0.827. The van der Waals surface area contributed by atoms with Crippen LogP contribution in [0.1, 0.15) is 13.3 Å². The van der Waals surface area contributed by atoms with Gasteiger partial charge in [0.2, 0.25) is 0 Å². The molecule has 1 N–H and O–H groups in total. The third-order valence-electron chi connectivity index (χ3n) is 1.61. The molecule has 4 heteroatoms. The first-order chi connectivity index (χ1) is 5.75. The van der Waals surface area contributed by atoms with Crippen molar-refractivity contribution in [2.75, 3.05) is 18.5 Å². The fourth-order valence-electron chi connectivity index (χ4n) is 1.06. The monoisotopic (exact) mass is 167 g/mol. The zero-order valence-electron chi connectivity index (χ0n) is 7.37. The molecule has 0 unspecified atom stereocenters. The van der Waals surface area contributed by atoms with Crippen LogP contribution in [0, 0.1) is 0 Å². The van der Waals surface area contributed by atoms with Gasteiger partial charge in [-0.15, -0.1) is 0 Å². The Balaban J connectivity index is 2.87. The van der Waals surface area contributed by atoms with Crippen LogP contribution in [0.3, 0.4) is 0 Å². The largest absolute Gasteiger partial charge is 0.355 e. The Labute approximate surface area is 71.3 Å². The normalized spacial score (nSPS) is 9.83. The summed E-state index contributed by atoms with van der Waals surface area (Å²) in [6.07, 6.45) is 4.13. The first-order valence-corrected chi connectivity index (χ1v) is 4.00. The first-order valence-electron chi connectivity index (χ1n) is 4.00. The molecule has 0 fully saturated rings. The molecule has 0 spiro atoms. The Morgan fingerprint density at radius 3 is 3.00 bits per heavy atom. The second-order valence-corrected chi connectivity index (χ2v) is 2.66. The quantitative estimate of drug-likeness (QED) is 0.717. The van der Waals surface area contributed by atoms with Crippen molar-refractivity contribution in [2.45, 2.75) is 13.3 Å². The van der Waals surface area contributed by atoms with E-state index < -0.39 is 0 Å². The van der Waals surface area contributed by atoms with E-state index in [1.165, 1.54) is 6.20 Å². The van der Waals surface area contributed by atoms with Gasteiger partial charge in [-0.05, 0) is 6.42 Å². The van der Waals surface area contributed by atoms with E-state index in [-0.39, 0.29) is 5.56 Å². The van der Waals surface area contributed by atoms with E-state index in [0.29, 0.717) is 5.82 Å². The number of aromatic nitrogens is 2. The van der Waals surface area contributed by atoms with E-state index in [9.17, 15) is 4.79 Å². The van der Waals surface area contributed by atoms with Gasteiger partial charge in [-0.3, -0.25) is 4.79 Å². The van der Waals surface area contributed by atoms with Crippen LogP contribution in [0.25, 0.3) is 0 Å². The van der Waals surface area contributed by atoms with Gasteiger partial charge in [0, 0.05) is 26.0 Å².